The van der Waals surface area contributed by atoms with Crippen LogP contribution in [0.3, 0.4) is 0 Å². The molecule has 0 amide bonds. The fourth-order valence-corrected chi connectivity index (χ4v) is 2.87. The monoisotopic (exact) mass is 344 g/mol. The van der Waals surface area contributed by atoms with Crippen LogP contribution in [0.15, 0.2) is 41.4 Å². The summed E-state index contributed by atoms with van der Waals surface area (Å²) in [6, 6.07) is 11.9. The van der Waals surface area contributed by atoms with Crippen LogP contribution in [0.1, 0.15) is 11.1 Å². The van der Waals surface area contributed by atoms with Gasteiger partial charge in [0.15, 0.2) is 0 Å². The van der Waals surface area contributed by atoms with Crippen LogP contribution in [0, 0.1) is 6.92 Å². The lowest BCUT2D eigenvalue weighted by molar-refractivity contribution is 0.122. The highest BCUT2D eigenvalue weighted by Crippen LogP contribution is 2.28. The van der Waals surface area contributed by atoms with Crippen molar-refractivity contribution in [2.75, 3.05) is 38.3 Å². The summed E-state index contributed by atoms with van der Waals surface area (Å²) in [7, 11) is 1.68. The van der Waals surface area contributed by atoms with Gasteiger partial charge in [0, 0.05) is 41.6 Å². The topological polar surface area (TPSA) is 34.1 Å². The Labute approximate surface area is 147 Å². The van der Waals surface area contributed by atoms with Gasteiger partial charge in [0.25, 0.3) is 0 Å². The molecular formula is C19H21ClN2O2. The Kier molecular flexibility index (Phi) is 5.38. The number of anilines is 1. The smallest absolute Gasteiger partial charge is 0.129 e. The van der Waals surface area contributed by atoms with Crippen molar-refractivity contribution in [3.8, 4) is 5.75 Å². The Morgan fingerprint density at radius 3 is 2.75 bits per heavy atom. The Morgan fingerprint density at radius 1 is 1.21 bits per heavy atom. The molecular weight excluding hydrogens is 324 g/mol. The van der Waals surface area contributed by atoms with Gasteiger partial charge < -0.3 is 14.4 Å². The molecule has 0 bridgehead atoms. The average Bonchev–Trinajstić information content (AvgIpc) is 2.63. The number of benzene rings is 2. The number of nitrogens with zero attached hydrogens (tertiary/aromatic N) is 2. The number of halogens is 1. The van der Waals surface area contributed by atoms with Gasteiger partial charge in [-0.25, -0.2) is 0 Å². The summed E-state index contributed by atoms with van der Waals surface area (Å²) in [6.07, 6.45) is 1.82. The predicted molar refractivity (Wildman–Crippen MR) is 99.5 cm³/mol. The van der Waals surface area contributed by atoms with Crippen molar-refractivity contribution in [1.29, 1.82) is 0 Å². The molecule has 126 valence electrons. The zero-order valence-corrected chi connectivity index (χ0v) is 14.7. The van der Waals surface area contributed by atoms with Crippen molar-refractivity contribution in [1.82, 2.24) is 0 Å². The molecule has 2 aromatic carbocycles. The number of morpholine rings is 1. The van der Waals surface area contributed by atoms with Crippen LogP contribution >= 0.6 is 11.6 Å². The van der Waals surface area contributed by atoms with Gasteiger partial charge in [0.2, 0.25) is 0 Å². The molecule has 4 nitrogen and oxygen atoms in total. The lowest BCUT2D eigenvalue weighted by Gasteiger charge is -2.29. The van der Waals surface area contributed by atoms with E-state index in [2.05, 4.69) is 22.0 Å². The van der Waals surface area contributed by atoms with Gasteiger partial charge in [-0.15, -0.1) is 0 Å². The van der Waals surface area contributed by atoms with Crippen LogP contribution in [0.2, 0.25) is 5.02 Å². The molecule has 1 fully saturated rings. The van der Waals surface area contributed by atoms with Crippen LogP contribution in [0.5, 0.6) is 5.75 Å². The van der Waals surface area contributed by atoms with E-state index in [-0.39, 0.29) is 0 Å². The molecule has 1 aliphatic heterocycles. The van der Waals surface area contributed by atoms with Gasteiger partial charge >= 0.3 is 0 Å². The molecule has 0 unspecified atom stereocenters. The molecule has 0 radical (unpaired) electrons. The third kappa shape index (κ3) is 3.71. The Balaban J connectivity index is 1.85. The maximum absolute atomic E-state index is 6.15. The number of methoxy groups -OCH3 is 1. The maximum atomic E-state index is 6.15. The Hall–Kier alpha value is -2.04. The van der Waals surface area contributed by atoms with Crippen molar-refractivity contribution in [3.05, 3.63) is 52.5 Å². The standard InChI is InChI=1S/C19H21ClN2O2/c1-14-17(20)4-3-5-18(14)21-13-15-6-7-16(12-19(15)23-2)22-8-10-24-11-9-22/h3-7,12-13H,8-11H2,1-2H3. The molecule has 3 rings (SSSR count). The lowest BCUT2D eigenvalue weighted by atomic mass is 10.1. The minimum atomic E-state index is 0.722. The fourth-order valence-electron chi connectivity index (χ4n) is 2.70. The van der Waals surface area contributed by atoms with E-state index in [0.717, 1.165) is 59.6 Å². The van der Waals surface area contributed by atoms with Gasteiger partial charge in [-0.3, -0.25) is 4.99 Å². The first-order valence-corrected chi connectivity index (χ1v) is 8.37. The van der Waals surface area contributed by atoms with Gasteiger partial charge in [0.05, 0.1) is 26.0 Å². The molecule has 2 aromatic rings. The minimum Gasteiger partial charge on any atom is -0.496 e. The summed E-state index contributed by atoms with van der Waals surface area (Å²) in [5.74, 6) is 0.808. The van der Waals surface area contributed by atoms with Gasteiger partial charge in [-0.1, -0.05) is 17.7 Å². The molecule has 1 heterocycles. The van der Waals surface area contributed by atoms with E-state index < -0.39 is 0 Å². The van der Waals surface area contributed by atoms with Crippen LogP contribution in [-0.2, 0) is 4.74 Å². The zero-order chi connectivity index (χ0) is 16.9. The number of ether oxygens (including phenoxy) is 2. The Bertz CT molecular complexity index is 740. The van der Waals surface area contributed by atoms with Crippen molar-refractivity contribution >= 4 is 29.2 Å². The molecule has 0 aliphatic carbocycles. The van der Waals surface area contributed by atoms with Crippen LogP contribution in [0.4, 0.5) is 11.4 Å². The van der Waals surface area contributed by atoms with Crippen LogP contribution in [0.25, 0.3) is 0 Å². The zero-order valence-electron chi connectivity index (χ0n) is 14.0. The quantitative estimate of drug-likeness (QED) is 0.778. The minimum absolute atomic E-state index is 0.722. The molecule has 0 atom stereocenters. The van der Waals surface area contributed by atoms with Gasteiger partial charge in [-0.2, -0.15) is 0 Å². The average molecular weight is 345 g/mol. The SMILES string of the molecule is COc1cc(N2CCOCC2)ccc1C=Nc1cccc(Cl)c1C. The second-order valence-electron chi connectivity index (χ2n) is 5.67. The molecule has 24 heavy (non-hydrogen) atoms. The van der Waals surface area contributed by atoms with E-state index in [1.807, 2.05) is 37.4 Å². The van der Waals surface area contributed by atoms with E-state index in [1.165, 1.54) is 0 Å². The summed E-state index contributed by atoms with van der Waals surface area (Å²) in [5, 5.41) is 0.722. The number of rotatable bonds is 4. The summed E-state index contributed by atoms with van der Waals surface area (Å²) in [6.45, 7) is 5.30. The van der Waals surface area contributed by atoms with E-state index >= 15 is 0 Å². The summed E-state index contributed by atoms with van der Waals surface area (Å²) in [5.41, 5.74) is 3.92. The van der Waals surface area contributed by atoms with E-state index in [1.54, 1.807) is 7.11 Å². The van der Waals surface area contributed by atoms with Gasteiger partial charge in [-0.05, 0) is 36.8 Å². The second-order valence-corrected chi connectivity index (χ2v) is 6.08. The largest absolute Gasteiger partial charge is 0.496 e. The third-order valence-corrected chi connectivity index (χ3v) is 4.58. The van der Waals surface area contributed by atoms with E-state index in [9.17, 15) is 0 Å². The van der Waals surface area contributed by atoms with Crippen molar-refractivity contribution in [3.63, 3.8) is 0 Å². The number of hydrogen-bond acceptors (Lipinski definition) is 4. The van der Waals surface area contributed by atoms with Gasteiger partial charge in [0.1, 0.15) is 5.75 Å². The first-order valence-electron chi connectivity index (χ1n) is 7.99. The molecule has 0 spiro atoms. The Morgan fingerprint density at radius 2 is 2.00 bits per heavy atom. The fraction of sp³-hybridized carbons (Fsp3) is 0.316. The number of aliphatic imine (C=N–C) groups is 1. The first-order chi connectivity index (χ1) is 11.7. The molecule has 1 aliphatic rings. The van der Waals surface area contributed by atoms with E-state index in [4.69, 9.17) is 21.1 Å². The molecule has 0 aromatic heterocycles. The van der Waals surface area contributed by atoms with Crippen molar-refractivity contribution in [2.24, 2.45) is 4.99 Å². The van der Waals surface area contributed by atoms with Crippen LogP contribution in [-0.4, -0.2) is 39.6 Å². The maximum Gasteiger partial charge on any atom is 0.129 e. The van der Waals surface area contributed by atoms with Crippen LogP contribution < -0.4 is 9.64 Å². The number of hydrogen-bond donors (Lipinski definition) is 0. The lowest BCUT2D eigenvalue weighted by Crippen LogP contribution is -2.36. The first kappa shape index (κ1) is 16.8. The van der Waals surface area contributed by atoms with E-state index in [0.29, 0.717) is 0 Å². The summed E-state index contributed by atoms with van der Waals surface area (Å²) in [4.78, 5) is 6.86. The normalized spacial score (nSPS) is 15.0. The summed E-state index contributed by atoms with van der Waals surface area (Å²) >= 11 is 6.15. The second kappa shape index (κ2) is 7.69. The predicted octanol–water partition coefficient (Wildman–Crippen LogP) is 4.24. The molecule has 0 N–H and O–H groups in total. The highest BCUT2D eigenvalue weighted by atomic mass is 35.5. The van der Waals surface area contributed by atoms with Crippen molar-refractivity contribution in [2.45, 2.75) is 6.92 Å². The third-order valence-electron chi connectivity index (χ3n) is 4.18. The highest BCUT2D eigenvalue weighted by molar-refractivity contribution is 6.31. The highest BCUT2D eigenvalue weighted by Gasteiger charge is 2.13. The summed E-state index contributed by atoms with van der Waals surface area (Å²) < 4.78 is 10.9. The molecule has 0 saturated carbocycles. The van der Waals surface area contributed by atoms with Crippen molar-refractivity contribution < 1.29 is 9.47 Å². The molecule has 5 heteroatoms. The molecule has 1 saturated heterocycles.